The number of benzene rings is 2. The number of phenolic OH excluding ortho intramolecular Hbond substituents is 1. The van der Waals surface area contributed by atoms with E-state index < -0.39 is 0 Å². The predicted molar refractivity (Wildman–Crippen MR) is 55.7 cm³/mol. The van der Waals surface area contributed by atoms with Crippen LogP contribution in [0.25, 0.3) is 10.8 Å². The first-order chi connectivity index (χ1) is 6.72. The maximum atomic E-state index is 10.6. The van der Waals surface area contributed by atoms with Gasteiger partial charge in [-0.3, -0.25) is 4.79 Å². The van der Waals surface area contributed by atoms with Crippen molar-refractivity contribution in [2.45, 2.75) is 6.92 Å². The molecule has 2 aromatic rings. The molecule has 0 spiro atoms. The summed E-state index contributed by atoms with van der Waals surface area (Å²) < 4.78 is 0. The number of carbonyl (C=O) groups excluding carboxylic acids is 1. The van der Waals surface area contributed by atoms with E-state index in [9.17, 15) is 9.90 Å². The highest BCUT2D eigenvalue weighted by Crippen LogP contribution is 2.26. The quantitative estimate of drug-likeness (QED) is 0.695. The molecule has 14 heavy (non-hydrogen) atoms. The maximum absolute atomic E-state index is 10.6. The minimum Gasteiger partial charge on any atom is -0.508 e. The molecule has 0 saturated heterocycles. The fourth-order valence-corrected chi connectivity index (χ4v) is 1.55. The molecule has 70 valence electrons. The molecule has 1 N–H and O–H groups in total. The second kappa shape index (κ2) is 3.14. The van der Waals surface area contributed by atoms with Crippen molar-refractivity contribution in [2.75, 3.05) is 0 Å². The first-order valence-electron chi connectivity index (χ1n) is 4.40. The van der Waals surface area contributed by atoms with Crippen LogP contribution in [0.15, 0.2) is 30.3 Å². The minimum atomic E-state index is 0.264. The Bertz CT molecular complexity index is 501. The van der Waals surface area contributed by atoms with Crippen LogP contribution in [-0.2, 0) is 0 Å². The summed E-state index contributed by atoms with van der Waals surface area (Å²) in [6.07, 6.45) is 0.808. The van der Waals surface area contributed by atoms with Gasteiger partial charge in [0, 0.05) is 5.56 Å². The lowest BCUT2D eigenvalue weighted by molar-refractivity contribution is 0.112. The van der Waals surface area contributed by atoms with Crippen molar-refractivity contribution >= 4 is 17.1 Å². The SMILES string of the molecule is Cc1c(O)ccc2ccc(C=O)cc12. The molecule has 0 aromatic heterocycles. The van der Waals surface area contributed by atoms with Crippen LogP contribution in [0.3, 0.4) is 0 Å². The normalized spacial score (nSPS) is 10.4. The fraction of sp³-hybridized carbons (Fsp3) is 0.0833. The number of phenols is 1. The lowest BCUT2D eigenvalue weighted by Crippen LogP contribution is -1.83. The molecule has 0 amide bonds. The minimum absolute atomic E-state index is 0.264. The van der Waals surface area contributed by atoms with Gasteiger partial charge in [-0.05, 0) is 35.4 Å². The van der Waals surface area contributed by atoms with Crippen LogP contribution in [-0.4, -0.2) is 11.4 Å². The average molecular weight is 186 g/mol. The van der Waals surface area contributed by atoms with Crippen LogP contribution >= 0.6 is 0 Å². The van der Waals surface area contributed by atoms with E-state index in [1.165, 1.54) is 0 Å². The molecule has 2 heteroatoms. The lowest BCUT2D eigenvalue weighted by Gasteiger charge is -2.04. The van der Waals surface area contributed by atoms with Crippen LogP contribution in [0.1, 0.15) is 15.9 Å². The van der Waals surface area contributed by atoms with Crippen LogP contribution in [0, 0.1) is 6.92 Å². The molecule has 0 bridgehead atoms. The van der Waals surface area contributed by atoms with Crippen LogP contribution in [0.4, 0.5) is 0 Å². The standard InChI is InChI=1S/C12H10O2/c1-8-11-6-9(7-13)2-3-10(11)4-5-12(8)14/h2-7,14H,1H3. The van der Waals surface area contributed by atoms with Gasteiger partial charge in [-0.25, -0.2) is 0 Å². The van der Waals surface area contributed by atoms with Crippen LogP contribution in [0.5, 0.6) is 5.75 Å². The highest BCUT2D eigenvalue weighted by Gasteiger charge is 2.02. The Hall–Kier alpha value is -1.83. The van der Waals surface area contributed by atoms with Gasteiger partial charge in [-0.15, -0.1) is 0 Å². The summed E-state index contributed by atoms with van der Waals surface area (Å²) in [6, 6.07) is 8.94. The van der Waals surface area contributed by atoms with Crippen molar-refractivity contribution in [1.29, 1.82) is 0 Å². The Morgan fingerprint density at radius 3 is 2.64 bits per heavy atom. The van der Waals surface area contributed by atoms with Gasteiger partial charge in [0.1, 0.15) is 12.0 Å². The molecule has 2 aromatic carbocycles. The van der Waals surface area contributed by atoms with Gasteiger partial charge in [-0.2, -0.15) is 0 Å². The van der Waals surface area contributed by atoms with Crippen molar-refractivity contribution in [3.63, 3.8) is 0 Å². The highest BCUT2D eigenvalue weighted by atomic mass is 16.3. The molecule has 0 saturated carbocycles. The maximum Gasteiger partial charge on any atom is 0.150 e. The van der Waals surface area contributed by atoms with Gasteiger partial charge in [0.15, 0.2) is 0 Å². The summed E-state index contributed by atoms with van der Waals surface area (Å²) in [4.78, 5) is 10.6. The van der Waals surface area contributed by atoms with Crippen LogP contribution < -0.4 is 0 Å². The van der Waals surface area contributed by atoms with E-state index in [1.807, 2.05) is 19.1 Å². The van der Waals surface area contributed by atoms with E-state index in [1.54, 1.807) is 18.2 Å². The number of fused-ring (bicyclic) bond motifs is 1. The molecular weight excluding hydrogens is 176 g/mol. The monoisotopic (exact) mass is 186 g/mol. The molecule has 0 aliphatic rings. The second-order valence-corrected chi connectivity index (χ2v) is 3.31. The summed E-state index contributed by atoms with van der Waals surface area (Å²) in [5.41, 5.74) is 1.44. The van der Waals surface area contributed by atoms with E-state index in [2.05, 4.69) is 0 Å². The summed E-state index contributed by atoms with van der Waals surface area (Å²) in [6.45, 7) is 1.84. The molecule has 2 rings (SSSR count). The Balaban J connectivity index is 2.84. The number of aldehydes is 1. The van der Waals surface area contributed by atoms with Crippen LogP contribution in [0.2, 0.25) is 0 Å². The number of aromatic hydroxyl groups is 1. The third-order valence-electron chi connectivity index (χ3n) is 2.42. The molecule has 0 radical (unpaired) electrons. The number of hydrogen-bond donors (Lipinski definition) is 1. The van der Waals surface area contributed by atoms with Crippen molar-refractivity contribution in [1.82, 2.24) is 0 Å². The Labute approximate surface area is 81.8 Å². The topological polar surface area (TPSA) is 37.3 Å². The van der Waals surface area contributed by atoms with E-state index in [-0.39, 0.29) is 5.75 Å². The highest BCUT2D eigenvalue weighted by molar-refractivity contribution is 5.92. The van der Waals surface area contributed by atoms with Gasteiger partial charge in [0.25, 0.3) is 0 Å². The number of hydrogen-bond acceptors (Lipinski definition) is 2. The number of rotatable bonds is 1. The summed E-state index contributed by atoms with van der Waals surface area (Å²) >= 11 is 0. The first kappa shape index (κ1) is 8.75. The molecular formula is C12H10O2. The third kappa shape index (κ3) is 1.25. The summed E-state index contributed by atoms with van der Waals surface area (Å²) in [5, 5.41) is 11.5. The molecule has 0 aliphatic heterocycles. The van der Waals surface area contributed by atoms with Gasteiger partial charge in [-0.1, -0.05) is 18.2 Å². The first-order valence-corrected chi connectivity index (χ1v) is 4.40. The smallest absolute Gasteiger partial charge is 0.150 e. The average Bonchev–Trinajstić information content (AvgIpc) is 2.23. The number of aryl methyl sites for hydroxylation is 1. The van der Waals surface area contributed by atoms with Gasteiger partial charge in [0.05, 0.1) is 0 Å². The lowest BCUT2D eigenvalue weighted by atomic mass is 10.0. The van der Waals surface area contributed by atoms with Gasteiger partial charge < -0.3 is 5.11 Å². The Morgan fingerprint density at radius 2 is 1.93 bits per heavy atom. The fourth-order valence-electron chi connectivity index (χ4n) is 1.55. The van der Waals surface area contributed by atoms with Gasteiger partial charge >= 0.3 is 0 Å². The van der Waals surface area contributed by atoms with Crippen molar-refractivity contribution in [3.8, 4) is 5.75 Å². The number of carbonyl (C=O) groups is 1. The Morgan fingerprint density at radius 1 is 1.21 bits per heavy atom. The van der Waals surface area contributed by atoms with Crippen molar-refractivity contribution in [2.24, 2.45) is 0 Å². The van der Waals surface area contributed by atoms with Gasteiger partial charge in [0.2, 0.25) is 0 Å². The molecule has 0 heterocycles. The summed E-state index contributed by atoms with van der Waals surface area (Å²) in [5.74, 6) is 0.264. The second-order valence-electron chi connectivity index (χ2n) is 3.31. The molecule has 0 fully saturated rings. The molecule has 0 unspecified atom stereocenters. The van der Waals surface area contributed by atoms with E-state index in [4.69, 9.17) is 0 Å². The molecule has 2 nitrogen and oxygen atoms in total. The molecule has 0 atom stereocenters. The zero-order chi connectivity index (χ0) is 10.1. The van der Waals surface area contributed by atoms with E-state index in [0.717, 1.165) is 22.6 Å². The zero-order valence-electron chi connectivity index (χ0n) is 7.82. The van der Waals surface area contributed by atoms with E-state index in [0.29, 0.717) is 5.56 Å². The predicted octanol–water partition coefficient (Wildman–Crippen LogP) is 2.67. The summed E-state index contributed by atoms with van der Waals surface area (Å²) in [7, 11) is 0. The zero-order valence-corrected chi connectivity index (χ0v) is 7.82. The Kier molecular flexibility index (Phi) is 1.97. The largest absolute Gasteiger partial charge is 0.508 e. The third-order valence-corrected chi connectivity index (χ3v) is 2.42. The van der Waals surface area contributed by atoms with Crippen molar-refractivity contribution < 1.29 is 9.90 Å². The van der Waals surface area contributed by atoms with E-state index >= 15 is 0 Å². The van der Waals surface area contributed by atoms with Crippen molar-refractivity contribution in [3.05, 3.63) is 41.5 Å². The molecule has 0 aliphatic carbocycles.